The SMILES string of the molecule is C=C[C@H](C)NC(=O)N1CCO[C@@H](c2cccc(OC(F)F)c2)C1. The second kappa shape index (κ2) is 7.92. The molecule has 1 aliphatic heterocycles. The minimum atomic E-state index is -2.87. The number of halogens is 2. The molecule has 2 atom stereocenters. The number of rotatable bonds is 5. The van der Waals surface area contributed by atoms with Gasteiger partial charge in [-0.05, 0) is 24.6 Å². The first kappa shape index (κ1) is 17.2. The molecule has 2 rings (SSSR count). The van der Waals surface area contributed by atoms with Crippen molar-refractivity contribution in [3.8, 4) is 5.75 Å². The fourth-order valence-corrected chi connectivity index (χ4v) is 2.27. The molecule has 0 saturated carbocycles. The van der Waals surface area contributed by atoms with E-state index < -0.39 is 6.61 Å². The van der Waals surface area contributed by atoms with Crippen LogP contribution in [0.15, 0.2) is 36.9 Å². The molecule has 1 aromatic rings. The Kier molecular flexibility index (Phi) is 5.92. The summed E-state index contributed by atoms with van der Waals surface area (Å²) >= 11 is 0. The standard InChI is InChI=1S/C16H20F2N2O3/c1-3-11(2)19-16(21)20-7-8-22-14(10-20)12-5-4-6-13(9-12)23-15(17)18/h3-6,9,11,14-15H,1,7-8,10H2,2H3,(H,19,21)/t11-,14+/m0/s1. The molecule has 1 aliphatic rings. The predicted molar refractivity (Wildman–Crippen MR) is 81.5 cm³/mol. The number of hydrogen-bond donors (Lipinski definition) is 1. The minimum Gasteiger partial charge on any atom is -0.435 e. The van der Waals surface area contributed by atoms with Gasteiger partial charge < -0.3 is 19.7 Å². The van der Waals surface area contributed by atoms with E-state index in [0.29, 0.717) is 25.3 Å². The third kappa shape index (κ3) is 4.92. The summed E-state index contributed by atoms with van der Waals surface area (Å²) in [5.74, 6) is 0.0722. The van der Waals surface area contributed by atoms with Gasteiger partial charge in [-0.15, -0.1) is 6.58 Å². The molecule has 7 heteroatoms. The molecule has 23 heavy (non-hydrogen) atoms. The van der Waals surface area contributed by atoms with Gasteiger partial charge in [0.2, 0.25) is 0 Å². The summed E-state index contributed by atoms with van der Waals surface area (Å²) in [6.45, 7) is 3.76. The van der Waals surface area contributed by atoms with Crippen LogP contribution in [0.1, 0.15) is 18.6 Å². The van der Waals surface area contributed by atoms with Crippen LogP contribution in [0, 0.1) is 0 Å². The fourth-order valence-electron chi connectivity index (χ4n) is 2.27. The van der Waals surface area contributed by atoms with Crippen LogP contribution >= 0.6 is 0 Å². The largest absolute Gasteiger partial charge is 0.435 e. The van der Waals surface area contributed by atoms with Gasteiger partial charge in [0.05, 0.1) is 13.2 Å². The number of morpholine rings is 1. The Labute approximate surface area is 133 Å². The van der Waals surface area contributed by atoms with Crippen LogP contribution in [0.25, 0.3) is 0 Å². The first-order valence-electron chi connectivity index (χ1n) is 7.34. The van der Waals surface area contributed by atoms with Crippen LogP contribution in [0.4, 0.5) is 13.6 Å². The maximum atomic E-state index is 12.3. The molecule has 0 aliphatic carbocycles. The molecule has 2 amide bonds. The van der Waals surface area contributed by atoms with Crippen molar-refractivity contribution in [1.29, 1.82) is 0 Å². The lowest BCUT2D eigenvalue weighted by Crippen LogP contribution is -2.49. The van der Waals surface area contributed by atoms with Crippen molar-refractivity contribution >= 4 is 6.03 Å². The lowest BCUT2D eigenvalue weighted by Gasteiger charge is -2.33. The van der Waals surface area contributed by atoms with Crippen molar-refractivity contribution in [3.05, 3.63) is 42.5 Å². The van der Waals surface area contributed by atoms with Gasteiger partial charge in [0.1, 0.15) is 11.9 Å². The van der Waals surface area contributed by atoms with Crippen molar-refractivity contribution in [3.63, 3.8) is 0 Å². The number of urea groups is 1. The summed E-state index contributed by atoms with van der Waals surface area (Å²) in [7, 11) is 0. The third-order valence-corrected chi connectivity index (χ3v) is 3.51. The predicted octanol–water partition coefficient (Wildman–Crippen LogP) is 2.95. The molecule has 1 N–H and O–H groups in total. The second-order valence-electron chi connectivity index (χ2n) is 5.23. The molecule has 0 spiro atoms. The highest BCUT2D eigenvalue weighted by Crippen LogP contribution is 2.26. The van der Waals surface area contributed by atoms with Crippen LogP contribution in [0.2, 0.25) is 0 Å². The van der Waals surface area contributed by atoms with Crippen LogP contribution in [0.5, 0.6) is 5.75 Å². The van der Waals surface area contributed by atoms with E-state index >= 15 is 0 Å². The van der Waals surface area contributed by atoms with Gasteiger partial charge in [-0.3, -0.25) is 0 Å². The molecule has 0 bridgehead atoms. The van der Waals surface area contributed by atoms with Gasteiger partial charge in [0, 0.05) is 12.6 Å². The molecule has 5 nitrogen and oxygen atoms in total. The lowest BCUT2D eigenvalue weighted by atomic mass is 10.1. The summed E-state index contributed by atoms with van der Waals surface area (Å²) in [6.07, 6.45) is 1.26. The van der Waals surface area contributed by atoms with Gasteiger partial charge in [0.25, 0.3) is 0 Å². The van der Waals surface area contributed by atoms with Crippen LogP contribution < -0.4 is 10.1 Å². The van der Waals surface area contributed by atoms with Crippen molar-refractivity contribution in [2.45, 2.75) is 25.7 Å². The molecule has 1 saturated heterocycles. The van der Waals surface area contributed by atoms with Gasteiger partial charge in [-0.1, -0.05) is 18.2 Å². The maximum absolute atomic E-state index is 12.3. The van der Waals surface area contributed by atoms with Crippen LogP contribution in [-0.4, -0.2) is 43.3 Å². The van der Waals surface area contributed by atoms with Crippen molar-refractivity contribution in [1.82, 2.24) is 10.2 Å². The molecular formula is C16H20F2N2O3. The summed E-state index contributed by atoms with van der Waals surface area (Å²) in [5.41, 5.74) is 0.692. The zero-order chi connectivity index (χ0) is 16.8. The number of carbonyl (C=O) groups is 1. The summed E-state index contributed by atoms with van der Waals surface area (Å²) < 4.78 is 34.6. The molecular weight excluding hydrogens is 306 g/mol. The van der Waals surface area contributed by atoms with Crippen molar-refractivity contribution < 1.29 is 23.0 Å². The van der Waals surface area contributed by atoms with E-state index in [1.807, 2.05) is 6.92 Å². The summed E-state index contributed by atoms with van der Waals surface area (Å²) in [4.78, 5) is 13.8. The average Bonchev–Trinajstić information content (AvgIpc) is 2.54. The van der Waals surface area contributed by atoms with E-state index in [9.17, 15) is 13.6 Å². The first-order chi connectivity index (χ1) is 11.0. The number of alkyl halides is 2. The molecule has 0 unspecified atom stereocenters. The zero-order valence-corrected chi connectivity index (χ0v) is 12.9. The quantitative estimate of drug-likeness (QED) is 0.847. The highest BCUT2D eigenvalue weighted by Gasteiger charge is 2.26. The topological polar surface area (TPSA) is 50.8 Å². The molecule has 0 aromatic heterocycles. The molecule has 126 valence electrons. The Morgan fingerprint density at radius 2 is 2.35 bits per heavy atom. The summed E-state index contributed by atoms with van der Waals surface area (Å²) in [6, 6.07) is 6.00. The van der Waals surface area contributed by atoms with E-state index in [1.165, 1.54) is 12.1 Å². The number of carbonyl (C=O) groups excluding carboxylic acids is 1. The summed E-state index contributed by atoms with van der Waals surface area (Å²) in [5, 5.41) is 2.80. The van der Waals surface area contributed by atoms with Crippen molar-refractivity contribution in [2.24, 2.45) is 0 Å². The van der Waals surface area contributed by atoms with E-state index in [0.717, 1.165) is 0 Å². The highest BCUT2D eigenvalue weighted by atomic mass is 19.3. The van der Waals surface area contributed by atoms with E-state index in [4.69, 9.17) is 4.74 Å². The van der Waals surface area contributed by atoms with E-state index in [-0.39, 0.29) is 23.9 Å². The number of nitrogens with zero attached hydrogens (tertiary/aromatic N) is 1. The zero-order valence-electron chi connectivity index (χ0n) is 12.9. The number of nitrogens with one attached hydrogen (secondary N) is 1. The molecule has 1 heterocycles. The fraction of sp³-hybridized carbons (Fsp3) is 0.438. The second-order valence-corrected chi connectivity index (χ2v) is 5.23. The maximum Gasteiger partial charge on any atom is 0.387 e. The Hall–Kier alpha value is -2.15. The number of amides is 2. The first-order valence-corrected chi connectivity index (χ1v) is 7.34. The molecule has 1 fully saturated rings. The van der Waals surface area contributed by atoms with Crippen LogP contribution in [-0.2, 0) is 4.74 Å². The normalized spacial score (nSPS) is 19.3. The van der Waals surface area contributed by atoms with Crippen LogP contribution in [0.3, 0.4) is 0 Å². The number of benzene rings is 1. The van der Waals surface area contributed by atoms with Crippen molar-refractivity contribution in [2.75, 3.05) is 19.7 Å². The lowest BCUT2D eigenvalue weighted by molar-refractivity contribution is -0.0503. The number of ether oxygens (including phenoxy) is 2. The Bertz CT molecular complexity index is 554. The van der Waals surface area contributed by atoms with E-state index in [1.54, 1.807) is 23.1 Å². The van der Waals surface area contributed by atoms with Gasteiger partial charge in [-0.25, -0.2) is 4.79 Å². The van der Waals surface area contributed by atoms with E-state index in [2.05, 4.69) is 16.6 Å². The average molecular weight is 326 g/mol. The monoisotopic (exact) mass is 326 g/mol. The molecule has 0 radical (unpaired) electrons. The Morgan fingerprint density at radius 3 is 3.04 bits per heavy atom. The highest BCUT2D eigenvalue weighted by molar-refractivity contribution is 5.74. The number of hydrogen-bond acceptors (Lipinski definition) is 3. The Morgan fingerprint density at radius 1 is 1.57 bits per heavy atom. The molecule has 1 aromatic carbocycles. The van der Waals surface area contributed by atoms with Gasteiger partial charge in [-0.2, -0.15) is 8.78 Å². The Balaban J connectivity index is 2.03. The smallest absolute Gasteiger partial charge is 0.387 e. The minimum absolute atomic E-state index is 0.0722. The van der Waals surface area contributed by atoms with Gasteiger partial charge in [0.15, 0.2) is 0 Å². The van der Waals surface area contributed by atoms with Gasteiger partial charge >= 0.3 is 12.6 Å². The third-order valence-electron chi connectivity index (χ3n) is 3.51.